The minimum absolute atomic E-state index is 0.0622. The lowest BCUT2D eigenvalue weighted by atomic mass is 10.1. The Kier molecular flexibility index (Phi) is 6.24. The summed E-state index contributed by atoms with van der Waals surface area (Å²) in [6.07, 6.45) is 0.827. The summed E-state index contributed by atoms with van der Waals surface area (Å²) in [5.41, 5.74) is 0. The number of carboxylic acids is 1. The van der Waals surface area contributed by atoms with E-state index in [9.17, 15) is 9.59 Å². The molecule has 1 aliphatic heterocycles. The minimum atomic E-state index is -1.02. The summed E-state index contributed by atoms with van der Waals surface area (Å²) in [4.78, 5) is 24.8. The first-order valence-electron chi connectivity index (χ1n) is 6.84. The highest BCUT2D eigenvalue weighted by atomic mass is 16.5. The minimum Gasteiger partial charge on any atom is -0.479 e. The third-order valence-corrected chi connectivity index (χ3v) is 3.58. The van der Waals surface area contributed by atoms with Gasteiger partial charge in [-0.1, -0.05) is 13.8 Å². The van der Waals surface area contributed by atoms with Gasteiger partial charge in [-0.3, -0.25) is 4.79 Å². The van der Waals surface area contributed by atoms with Crippen molar-refractivity contribution < 1.29 is 24.5 Å². The first-order chi connectivity index (χ1) is 9.04. The fraction of sp³-hybridized carbons (Fsp3) is 0.846. The maximum Gasteiger partial charge on any atom is 0.332 e. The van der Waals surface area contributed by atoms with E-state index in [0.29, 0.717) is 12.8 Å². The Morgan fingerprint density at radius 2 is 1.84 bits per heavy atom. The molecular weight excluding hydrogens is 250 g/mol. The Morgan fingerprint density at radius 1 is 1.26 bits per heavy atom. The predicted molar refractivity (Wildman–Crippen MR) is 68.7 cm³/mol. The average molecular weight is 273 g/mol. The number of carbonyl (C=O) groups is 2. The molecule has 110 valence electrons. The highest BCUT2D eigenvalue weighted by Crippen LogP contribution is 2.23. The van der Waals surface area contributed by atoms with E-state index in [1.165, 1.54) is 0 Å². The van der Waals surface area contributed by atoms with Crippen LogP contribution in [0.2, 0.25) is 0 Å². The Bertz CT molecular complexity index is 316. The van der Waals surface area contributed by atoms with Crippen molar-refractivity contribution in [1.82, 2.24) is 4.90 Å². The van der Waals surface area contributed by atoms with Crippen LogP contribution in [0.15, 0.2) is 0 Å². The van der Waals surface area contributed by atoms with Gasteiger partial charge in [0.1, 0.15) is 6.10 Å². The summed E-state index contributed by atoms with van der Waals surface area (Å²) < 4.78 is 5.28. The van der Waals surface area contributed by atoms with Crippen LogP contribution in [0.5, 0.6) is 0 Å². The highest BCUT2D eigenvalue weighted by molar-refractivity contribution is 5.83. The third kappa shape index (κ3) is 3.91. The van der Waals surface area contributed by atoms with Crippen LogP contribution in [0.25, 0.3) is 0 Å². The highest BCUT2D eigenvalue weighted by Gasteiger charge is 2.37. The smallest absolute Gasteiger partial charge is 0.332 e. The van der Waals surface area contributed by atoms with E-state index >= 15 is 0 Å². The van der Waals surface area contributed by atoms with E-state index in [1.54, 1.807) is 4.90 Å². The zero-order valence-corrected chi connectivity index (χ0v) is 11.5. The van der Waals surface area contributed by atoms with Gasteiger partial charge in [0.2, 0.25) is 0 Å². The molecule has 0 aromatic rings. The van der Waals surface area contributed by atoms with Crippen LogP contribution in [0.3, 0.4) is 0 Å². The number of hydrogen-bond acceptors (Lipinski definition) is 4. The molecule has 0 radical (unpaired) electrons. The van der Waals surface area contributed by atoms with Crippen LogP contribution >= 0.6 is 0 Å². The lowest BCUT2D eigenvalue weighted by Crippen LogP contribution is -2.46. The average Bonchev–Trinajstić information content (AvgIpc) is 2.88. The molecule has 2 atom stereocenters. The molecule has 0 aliphatic carbocycles. The van der Waals surface area contributed by atoms with E-state index in [1.807, 2.05) is 13.8 Å². The SMILES string of the molecule is CCC(CC)N(CCO)C(=O)C1CCC(C(=O)O)O1. The van der Waals surface area contributed by atoms with Crippen LogP contribution in [0.1, 0.15) is 39.5 Å². The molecule has 1 saturated heterocycles. The second-order valence-corrected chi connectivity index (χ2v) is 4.75. The van der Waals surface area contributed by atoms with Crippen LogP contribution in [0.4, 0.5) is 0 Å². The van der Waals surface area contributed by atoms with Gasteiger partial charge in [0.05, 0.1) is 6.61 Å². The van der Waals surface area contributed by atoms with Gasteiger partial charge in [-0.25, -0.2) is 4.79 Å². The maximum absolute atomic E-state index is 12.4. The zero-order chi connectivity index (χ0) is 14.4. The molecule has 0 spiro atoms. The summed E-state index contributed by atoms with van der Waals surface area (Å²) in [5, 5.41) is 17.9. The molecule has 6 heteroatoms. The molecule has 0 aromatic heterocycles. The number of carbonyl (C=O) groups excluding carboxylic acids is 1. The molecule has 2 N–H and O–H groups in total. The van der Waals surface area contributed by atoms with Crippen molar-refractivity contribution in [3.8, 4) is 0 Å². The largest absolute Gasteiger partial charge is 0.479 e. The fourth-order valence-corrected chi connectivity index (χ4v) is 2.50. The van der Waals surface area contributed by atoms with E-state index in [2.05, 4.69) is 0 Å². The summed E-state index contributed by atoms with van der Waals surface area (Å²) >= 11 is 0. The Morgan fingerprint density at radius 3 is 2.26 bits per heavy atom. The van der Waals surface area contributed by atoms with Gasteiger partial charge >= 0.3 is 5.97 Å². The van der Waals surface area contributed by atoms with Crippen molar-refractivity contribution in [1.29, 1.82) is 0 Å². The number of aliphatic hydroxyl groups is 1. The molecule has 19 heavy (non-hydrogen) atoms. The number of carboxylic acid groups (broad SMARTS) is 1. The van der Waals surface area contributed by atoms with Crippen molar-refractivity contribution in [2.45, 2.75) is 57.8 Å². The molecule has 1 fully saturated rings. The molecular formula is C13H23NO5. The maximum atomic E-state index is 12.4. The monoisotopic (exact) mass is 273 g/mol. The van der Waals surface area contributed by atoms with Crippen molar-refractivity contribution in [2.75, 3.05) is 13.2 Å². The van der Waals surface area contributed by atoms with Crippen LogP contribution in [-0.2, 0) is 14.3 Å². The van der Waals surface area contributed by atoms with E-state index in [-0.39, 0.29) is 25.1 Å². The number of nitrogens with zero attached hydrogens (tertiary/aromatic N) is 1. The molecule has 6 nitrogen and oxygen atoms in total. The number of aliphatic carboxylic acids is 1. The van der Waals surface area contributed by atoms with Crippen molar-refractivity contribution >= 4 is 11.9 Å². The Labute approximate surface area is 113 Å². The second kappa shape index (κ2) is 7.45. The first-order valence-corrected chi connectivity index (χ1v) is 6.84. The number of rotatable bonds is 7. The van der Waals surface area contributed by atoms with Crippen molar-refractivity contribution in [3.63, 3.8) is 0 Å². The van der Waals surface area contributed by atoms with Gasteiger partial charge < -0.3 is 19.8 Å². The molecule has 0 saturated carbocycles. The fourth-order valence-electron chi connectivity index (χ4n) is 2.50. The molecule has 0 aromatic carbocycles. The molecule has 1 aliphatic rings. The molecule has 1 amide bonds. The molecule has 2 unspecified atom stereocenters. The van der Waals surface area contributed by atoms with Crippen LogP contribution in [-0.4, -0.2) is 58.4 Å². The number of hydrogen-bond donors (Lipinski definition) is 2. The molecule has 1 heterocycles. The normalized spacial score (nSPS) is 22.7. The summed E-state index contributed by atoms with van der Waals surface area (Å²) in [5.74, 6) is -1.22. The van der Waals surface area contributed by atoms with Gasteiger partial charge in [-0.05, 0) is 25.7 Å². The van der Waals surface area contributed by atoms with E-state index in [4.69, 9.17) is 14.9 Å². The Hall–Kier alpha value is -1.14. The summed E-state index contributed by atoms with van der Waals surface area (Å²) in [6, 6.07) is 0.0622. The quantitative estimate of drug-likeness (QED) is 0.710. The lowest BCUT2D eigenvalue weighted by Gasteiger charge is -2.32. The number of amides is 1. The van der Waals surface area contributed by atoms with Crippen LogP contribution in [0, 0.1) is 0 Å². The van der Waals surface area contributed by atoms with Gasteiger partial charge in [0.15, 0.2) is 6.10 Å². The van der Waals surface area contributed by atoms with E-state index < -0.39 is 18.2 Å². The first kappa shape index (κ1) is 15.9. The van der Waals surface area contributed by atoms with Gasteiger partial charge in [0, 0.05) is 12.6 Å². The predicted octanol–water partition coefficient (Wildman–Crippen LogP) is 0.628. The van der Waals surface area contributed by atoms with Crippen molar-refractivity contribution in [2.24, 2.45) is 0 Å². The molecule has 1 rings (SSSR count). The second-order valence-electron chi connectivity index (χ2n) is 4.75. The zero-order valence-electron chi connectivity index (χ0n) is 11.5. The third-order valence-electron chi connectivity index (χ3n) is 3.58. The van der Waals surface area contributed by atoms with Gasteiger partial charge in [0.25, 0.3) is 5.91 Å². The van der Waals surface area contributed by atoms with Crippen LogP contribution < -0.4 is 0 Å². The Balaban J connectivity index is 2.69. The number of ether oxygens (including phenoxy) is 1. The van der Waals surface area contributed by atoms with Gasteiger partial charge in [-0.2, -0.15) is 0 Å². The van der Waals surface area contributed by atoms with E-state index in [0.717, 1.165) is 12.8 Å². The lowest BCUT2D eigenvalue weighted by molar-refractivity contribution is -0.156. The summed E-state index contributed by atoms with van der Waals surface area (Å²) in [6.45, 7) is 4.14. The van der Waals surface area contributed by atoms with Crippen molar-refractivity contribution in [3.05, 3.63) is 0 Å². The molecule has 0 bridgehead atoms. The van der Waals surface area contributed by atoms with Gasteiger partial charge in [-0.15, -0.1) is 0 Å². The standard InChI is InChI=1S/C13H23NO5/c1-3-9(4-2)14(7-8-15)12(16)10-5-6-11(19-10)13(17)18/h9-11,15H,3-8H2,1-2H3,(H,17,18). The number of aliphatic hydroxyl groups excluding tert-OH is 1. The topological polar surface area (TPSA) is 87.1 Å². The summed E-state index contributed by atoms with van der Waals surface area (Å²) in [7, 11) is 0.